The Balaban J connectivity index is 1.22. The van der Waals surface area contributed by atoms with Gasteiger partial charge in [0.05, 0.1) is 22.2 Å². The fourth-order valence-corrected chi connectivity index (χ4v) is 9.87. The van der Waals surface area contributed by atoms with Gasteiger partial charge in [-0.1, -0.05) is 140 Å². The van der Waals surface area contributed by atoms with E-state index in [9.17, 15) is 0 Å². The van der Waals surface area contributed by atoms with Gasteiger partial charge in [0.1, 0.15) is 0 Å². The Morgan fingerprint density at radius 2 is 1.11 bits per heavy atom. The lowest BCUT2D eigenvalue weighted by molar-refractivity contribution is 1.18. The lowest BCUT2D eigenvalue weighted by Crippen LogP contribution is -1.99. The summed E-state index contributed by atoms with van der Waals surface area (Å²) in [7, 11) is 0. The van der Waals surface area contributed by atoms with E-state index in [1.807, 2.05) is 11.3 Å². The van der Waals surface area contributed by atoms with E-state index >= 15 is 0 Å². The highest BCUT2D eigenvalue weighted by molar-refractivity contribution is 7.26. The molecule has 9 aromatic carbocycles. The van der Waals surface area contributed by atoms with Crippen LogP contribution in [0.25, 0.3) is 114 Å². The quantitative estimate of drug-likeness (QED) is 0.183. The number of hydrogen-bond donors (Lipinski definition) is 0. The van der Waals surface area contributed by atoms with Gasteiger partial charge in [-0.15, -0.1) is 11.3 Å². The molecule has 54 heavy (non-hydrogen) atoms. The molecule has 0 saturated carbocycles. The molecular formula is C50H29N3S. The Morgan fingerprint density at radius 3 is 1.98 bits per heavy atom. The van der Waals surface area contributed by atoms with E-state index in [1.54, 1.807) is 0 Å². The van der Waals surface area contributed by atoms with Crippen LogP contribution >= 0.6 is 11.3 Å². The average molecular weight is 704 g/mol. The number of hydrogen-bond acceptors (Lipinski definition) is 3. The summed E-state index contributed by atoms with van der Waals surface area (Å²) >= 11 is 1.82. The van der Waals surface area contributed by atoms with E-state index in [4.69, 9.17) is 9.97 Å². The van der Waals surface area contributed by atoms with Crippen LogP contribution in [0.5, 0.6) is 0 Å². The van der Waals surface area contributed by atoms with Crippen molar-refractivity contribution in [1.29, 1.82) is 0 Å². The smallest absolute Gasteiger partial charge is 0.161 e. The van der Waals surface area contributed by atoms with Crippen LogP contribution < -0.4 is 0 Å². The lowest BCUT2D eigenvalue weighted by Gasteiger charge is -2.14. The van der Waals surface area contributed by atoms with Crippen LogP contribution in [0, 0.1) is 0 Å². The third kappa shape index (κ3) is 4.29. The molecule has 3 aromatic heterocycles. The van der Waals surface area contributed by atoms with Gasteiger partial charge in [-0.25, -0.2) is 9.97 Å². The maximum atomic E-state index is 5.49. The molecule has 3 nitrogen and oxygen atoms in total. The molecule has 0 atom stereocenters. The fraction of sp³-hybridized carbons (Fsp3) is 0. The molecule has 4 heteroatoms. The van der Waals surface area contributed by atoms with E-state index < -0.39 is 0 Å². The predicted molar refractivity (Wildman–Crippen MR) is 230 cm³/mol. The van der Waals surface area contributed by atoms with Crippen molar-refractivity contribution in [2.45, 2.75) is 0 Å². The molecule has 0 bridgehead atoms. The second-order valence-corrected chi connectivity index (χ2v) is 15.2. The number of thiophene rings is 1. The number of nitrogens with zero attached hydrogens (tertiary/aromatic N) is 3. The summed E-state index contributed by atoms with van der Waals surface area (Å²) < 4.78 is 4.93. The molecule has 0 saturated heterocycles. The Morgan fingerprint density at radius 1 is 0.444 bits per heavy atom. The number of aromatic nitrogens is 3. The van der Waals surface area contributed by atoms with Gasteiger partial charge in [-0.05, 0) is 63.3 Å². The normalized spacial score (nSPS) is 12.1. The SMILES string of the molecule is c1ccc2cc(-c3nc(-c4cc(-n5c6ccc7ccccc7c6c6ccc7ccccc7c65)cc5c4sc4ccccc45)nc4ccccc34)ccc2c1. The van der Waals surface area contributed by atoms with Crippen molar-refractivity contribution in [2.24, 2.45) is 0 Å². The van der Waals surface area contributed by atoms with E-state index in [2.05, 4.69) is 180 Å². The molecule has 0 aliphatic carbocycles. The van der Waals surface area contributed by atoms with Gasteiger partial charge < -0.3 is 4.57 Å². The Bertz CT molecular complexity index is 3520. The topological polar surface area (TPSA) is 30.7 Å². The zero-order chi connectivity index (χ0) is 35.3. The van der Waals surface area contributed by atoms with Crippen LogP contribution in [0.4, 0.5) is 0 Å². The fourth-order valence-electron chi connectivity index (χ4n) is 8.68. The molecular weight excluding hydrogens is 675 g/mol. The van der Waals surface area contributed by atoms with Crippen molar-refractivity contribution in [3.63, 3.8) is 0 Å². The van der Waals surface area contributed by atoms with Crippen molar-refractivity contribution >= 4 is 96.5 Å². The van der Waals surface area contributed by atoms with Gasteiger partial charge >= 0.3 is 0 Å². The van der Waals surface area contributed by atoms with Crippen molar-refractivity contribution in [2.75, 3.05) is 0 Å². The van der Waals surface area contributed by atoms with Crippen LogP contribution in [-0.4, -0.2) is 14.5 Å². The first-order valence-corrected chi connectivity index (χ1v) is 19.1. The third-order valence-corrected chi connectivity index (χ3v) is 12.3. The van der Waals surface area contributed by atoms with Crippen LogP contribution in [0.1, 0.15) is 0 Å². The second kappa shape index (κ2) is 11.3. The molecule has 0 amide bonds. The summed E-state index contributed by atoms with van der Waals surface area (Å²) in [6.45, 7) is 0. The summed E-state index contributed by atoms with van der Waals surface area (Å²) in [4.78, 5) is 10.8. The molecule has 250 valence electrons. The first kappa shape index (κ1) is 29.7. The van der Waals surface area contributed by atoms with Crippen molar-refractivity contribution in [1.82, 2.24) is 14.5 Å². The van der Waals surface area contributed by atoms with Crippen molar-refractivity contribution in [3.05, 3.63) is 176 Å². The minimum absolute atomic E-state index is 0.728. The molecule has 0 radical (unpaired) electrons. The van der Waals surface area contributed by atoms with Crippen molar-refractivity contribution < 1.29 is 0 Å². The first-order valence-electron chi connectivity index (χ1n) is 18.3. The van der Waals surface area contributed by atoms with Crippen LogP contribution in [-0.2, 0) is 0 Å². The minimum atomic E-state index is 0.728. The standard InChI is InChI=1S/C50H29N3S/c1-2-14-33-27-34(22-21-30(33)11-1)47-39-18-7-9-19-43(39)51-50(52-47)42-29-35(28-41-38-17-8-10-20-45(38)54-49(41)42)53-44-26-24-31-12-3-5-15-36(31)46(44)40-25-23-32-13-4-6-16-37(32)48(40)53/h1-29H. The van der Waals surface area contributed by atoms with Gasteiger partial charge in [0, 0.05) is 58.5 Å². The Kier molecular flexibility index (Phi) is 6.21. The molecule has 0 unspecified atom stereocenters. The molecule has 0 spiro atoms. The number of benzene rings is 9. The summed E-state index contributed by atoms with van der Waals surface area (Å²) in [6.07, 6.45) is 0. The highest BCUT2D eigenvalue weighted by Gasteiger charge is 2.22. The maximum Gasteiger partial charge on any atom is 0.161 e. The molecule has 12 rings (SSSR count). The first-order chi connectivity index (χ1) is 26.8. The summed E-state index contributed by atoms with van der Waals surface area (Å²) in [5.74, 6) is 0.728. The Labute approximate surface area is 314 Å². The van der Waals surface area contributed by atoms with Crippen LogP contribution in [0.3, 0.4) is 0 Å². The molecule has 3 heterocycles. The van der Waals surface area contributed by atoms with Gasteiger partial charge in [-0.3, -0.25) is 0 Å². The summed E-state index contributed by atoms with van der Waals surface area (Å²) in [6, 6.07) is 63.7. The Hall–Kier alpha value is -6.88. The van der Waals surface area contributed by atoms with E-state index in [1.165, 1.54) is 74.3 Å². The van der Waals surface area contributed by atoms with Gasteiger partial charge in [-0.2, -0.15) is 0 Å². The zero-order valence-corrected chi connectivity index (χ0v) is 29.8. The average Bonchev–Trinajstić information content (AvgIpc) is 3.79. The summed E-state index contributed by atoms with van der Waals surface area (Å²) in [5, 5.41) is 13.4. The van der Waals surface area contributed by atoms with Crippen LogP contribution in [0.15, 0.2) is 176 Å². The lowest BCUT2D eigenvalue weighted by atomic mass is 10.0. The minimum Gasteiger partial charge on any atom is -0.309 e. The van der Waals surface area contributed by atoms with Crippen molar-refractivity contribution in [3.8, 4) is 28.3 Å². The number of rotatable bonds is 3. The summed E-state index contributed by atoms with van der Waals surface area (Å²) in [5.41, 5.74) is 7.47. The largest absolute Gasteiger partial charge is 0.309 e. The highest BCUT2D eigenvalue weighted by Crippen LogP contribution is 2.45. The molecule has 0 aliphatic rings. The van der Waals surface area contributed by atoms with Gasteiger partial charge in [0.25, 0.3) is 0 Å². The van der Waals surface area contributed by atoms with Gasteiger partial charge in [0.15, 0.2) is 5.82 Å². The highest BCUT2D eigenvalue weighted by atomic mass is 32.1. The van der Waals surface area contributed by atoms with E-state index in [0.717, 1.165) is 39.2 Å². The number of fused-ring (bicyclic) bond motifs is 12. The van der Waals surface area contributed by atoms with Gasteiger partial charge in [0.2, 0.25) is 0 Å². The third-order valence-electron chi connectivity index (χ3n) is 11.1. The van der Waals surface area contributed by atoms with E-state index in [0.29, 0.717) is 0 Å². The molecule has 12 aromatic rings. The monoisotopic (exact) mass is 703 g/mol. The molecule has 0 N–H and O–H groups in total. The predicted octanol–water partition coefficient (Wildman–Crippen LogP) is 13.9. The molecule has 0 aliphatic heterocycles. The zero-order valence-electron chi connectivity index (χ0n) is 29.0. The maximum absolute atomic E-state index is 5.49. The number of para-hydroxylation sites is 1. The van der Waals surface area contributed by atoms with E-state index in [-0.39, 0.29) is 0 Å². The molecule has 0 fully saturated rings. The second-order valence-electron chi connectivity index (χ2n) is 14.1. The van der Waals surface area contributed by atoms with Crippen LogP contribution in [0.2, 0.25) is 0 Å².